The molecule has 0 bridgehead atoms. The second-order valence-electron chi connectivity index (χ2n) is 5.72. The van der Waals surface area contributed by atoms with Crippen molar-refractivity contribution in [3.8, 4) is 0 Å². The van der Waals surface area contributed by atoms with Gasteiger partial charge in [0, 0.05) is 16.5 Å². The predicted molar refractivity (Wildman–Crippen MR) is 116 cm³/mol. The minimum Gasteiger partial charge on any atom is -0.303 e. The topological polar surface area (TPSA) is 49.4 Å². The molecule has 0 fully saturated rings. The maximum absolute atomic E-state index is 12.9. The molecule has 132 valence electrons. The number of sulfonamides is 1. The molecular weight excluding hydrogens is 384 g/mol. The molecule has 3 aromatic carbocycles. The van der Waals surface area contributed by atoms with Crippen LogP contribution in [-0.2, 0) is 10.0 Å². The quantitative estimate of drug-likeness (QED) is 0.610. The lowest BCUT2D eigenvalue weighted by Crippen LogP contribution is -2.17. The van der Waals surface area contributed by atoms with Crippen LogP contribution in [0.1, 0.15) is 5.56 Å². The summed E-state index contributed by atoms with van der Waals surface area (Å²) in [5, 5.41) is 1.35. The summed E-state index contributed by atoms with van der Waals surface area (Å²) >= 11 is 9.99. The zero-order valence-electron chi connectivity index (χ0n) is 13.9. The molecule has 0 aliphatic heterocycles. The van der Waals surface area contributed by atoms with Gasteiger partial charge in [-0.2, -0.15) is 0 Å². The molecule has 4 nitrogen and oxygen atoms in total. The van der Waals surface area contributed by atoms with E-state index in [9.17, 15) is 8.42 Å². The molecule has 0 radical (unpaired) electrons. The van der Waals surface area contributed by atoms with E-state index in [2.05, 4.69) is 4.72 Å². The monoisotopic (exact) mass is 400 g/mol. The Balaban J connectivity index is 2.12. The van der Waals surface area contributed by atoms with Crippen molar-refractivity contribution < 1.29 is 8.42 Å². The van der Waals surface area contributed by atoms with E-state index >= 15 is 0 Å². The van der Waals surface area contributed by atoms with Crippen LogP contribution in [0.4, 0.5) is 11.4 Å². The van der Waals surface area contributed by atoms with Crippen molar-refractivity contribution in [1.29, 1.82) is 0 Å². The Morgan fingerprint density at radius 3 is 2.15 bits per heavy atom. The molecule has 0 unspecified atom stereocenters. The SMILES string of the molecule is Cc1ccc(NS(=O)(=O)c2cccc3c(N(C=S)C=S)cccc23)cc1. The Morgan fingerprint density at radius 1 is 0.885 bits per heavy atom. The Morgan fingerprint density at radius 2 is 1.50 bits per heavy atom. The third-order valence-corrected chi connectivity index (χ3v) is 5.85. The molecule has 3 aromatic rings. The third-order valence-electron chi connectivity index (χ3n) is 3.96. The van der Waals surface area contributed by atoms with Gasteiger partial charge in [-0.05, 0) is 31.2 Å². The van der Waals surface area contributed by atoms with Crippen molar-refractivity contribution >= 4 is 67.6 Å². The summed E-state index contributed by atoms with van der Waals surface area (Å²) in [6.45, 7) is 1.95. The zero-order chi connectivity index (χ0) is 18.7. The van der Waals surface area contributed by atoms with Gasteiger partial charge < -0.3 is 4.90 Å². The Kier molecular flexibility index (Phi) is 5.31. The van der Waals surface area contributed by atoms with Crippen LogP contribution in [0, 0.1) is 6.92 Å². The average molecular weight is 401 g/mol. The Hall–Kier alpha value is -2.35. The van der Waals surface area contributed by atoms with Crippen LogP contribution in [-0.4, -0.2) is 19.4 Å². The summed E-state index contributed by atoms with van der Waals surface area (Å²) < 4.78 is 28.5. The number of fused-ring (bicyclic) bond motifs is 1. The van der Waals surface area contributed by atoms with E-state index in [1.54, 1.807) is 41.3 Å². The minimum absolute atomic E-state index is 0.200. The van der Waals surface area contributed by atoms with Crippen LogP contribution in [0.25, 0.3) is 10.8 Å². The van der Waals surface area contributed by atoms with E-state index in [1.165, 1.54) is 11.0 Å². The summed E-state index contributed by atoms with van der Waals surface area (Å²) in [5.41, 5.74) is 5.16. The summed E-state index contributed by atoms with van der Waals surface area (Å²) in [6, 6.07) is 17.7. The van der Waals surface area contributed by atoms with Crippen LogP contribution < -0.4 is 9.62 Å². The molecule has 3 rings (SSSR count). The van der Waals surface area contributed by atoms with E-state index in [-0.39, 0.29) is 4.90 Å². The van der Waals surface area contributed by atoms with Gasteiger partial charge in [0.15, 0.2) is 0 Å². The van der Waals surface area contributed by atoms with Crippen molar-refractivity contribution in [3.63, 3.8) is 0 Å². The lowest BCUT2D eigenvalue weighted by atomic mass is 10.1. The smallest absolute Gasteiger partial charge is 0.262 e. The molecule has 0 saturated heterocycles. The van der Waals surface area contributed by atoms with Crippen LogP contribution in [0.3, 0.4) is 0 Å². The molecule has 0 spiro atoms. The van der Waals surface area contributed by atoms with Crippen molar-refractivity contribution in [2.45, 2.75) is 11.8 Å². The van der Waals surface area contributed by atoms with Crippen LogP contribution >= 0.6 is 24.4 Å². The number of hydrogen-bond acceptors (Lipinski definition) is 4. The van der Waals surface area contributed by atoms with Crippen molar-refractivity contribution in [2.24, 2.45) is 0 Å². The minimum atomic E-state index is -3.75. The maximum atomic E-state index is 12.9. The number of aryl methyl sites for hydroxylation is 1. The van der Waals surface area contributed by atoms with Gasteiger partial charge >= 0.3 is 0 Å². The molecule has 0 aliphatic rings. The van der Waals surface area contributed by atoms with E-state index in [0.29, 0.717) is 11.1 Å². The normalized spacial score (nSPS) is 11.1. The molecule has 0 heterocycles. The maximum Gasteiger partial charge on any atom is 0.262 e. The Labute approximate surface area is 163 Å². The number of benzene rings is 3. The highest BCUT2D eigenvalue weighted by molar-refractivity contribution is 7.93. The fourth-order valence-corrected chi connectivity index (χ4v) is 4.40. The van der Waals surface area contributed by atoms with Crippen LogP contribution in [0.15, 0.2) is 65.6 Å². The van der Waals surface area contributed by atoms with Crippen molar-refractivity contribution in [1.82, 2.24) is 0 Å². The van der Waals surface area contributed by atoms with E-state index in [1.807, 2.05) is 31.2 Å². The van der Waals surface area contributed by atoms with Gasteiger partial charge in [0.05, 0.1) is 21.6 Å². The van der Waals surface area contributed by atoms with Crippen LogP contribution in [0.2, 0.25) is 0 Å². The van der Waals surface area contributed by atoms with E-state index < -0.39 is 10.0 Å². The molecule has 0 saturated carbocycles. The van der Waals surface area contributed by atoms with Gasteiger partial charge in [-0.15, -0.1) is 0 Å². The lowest BCUT2D eigenvalue weighted by Gasteiger charge is -2.17. The summed E-state index contributed by atoms with van der Waals surface area (Å²) in [4.78, 5) is 1.81. The first kappa shape index (κ1) is 18.4. The van der Waals surface area contributed by atoms with Gasteiger partial charge in [0.1, 0.15) is 0 Å². The van der Waals surface area contributed by atoms with E-state index in [0.717, 1.165) is 16.6 Å². The summed E-state index contributed by atoms with van der Waals surface area (Å²) in [7, 11) is -3.75. The Bertz CT molecular complexity index is 1070. The lowest BCUT2D eigenvalue weighted by molar-refractivity contribution is 0.602. The fraction of sp³-hybridized carbons (Fsp3) is 0.0526. The van der Waals surface area contributed by atoms with Crippen molar-refractivity contribution in [3.05, 3.63) is 66.2 Å². The zero-order valence-corrected chi connectivity index (χ0v) is 16.4. The fourth-order valence-electron chi connectivity index (χ4n) is 2.69. The standard InChI is InChI=1S/C19H16N2O2S3/c1-14-8-10-15(11-9-14)20-26(22,23)19-7-3-4-16-17(19)5-2-6-18(16)21(12-24)13-25/h2-13,20H,1H3. The summed E-state index contributed by atoms with van der Waals surface area (Å²) in [6.07, 6.45) is 0. The van der Waals surface area contributed by atoms with Crippen molar-refractivity contribution in [2.75, 3.05) is 9.62 Å². The summed E-state index contributed by atoms with van der Waals surface area (Å²) in [5.74, 6) is 0. The molecular formula is C19H16N2O2S3. The average Bonchev–Trinajstić information content (AvgIpc) is 2.64. The van der Waals surface area contributed by atoms with Crippen LogP contribution in [0.5, 0.6) is 0 Å². The number of rotatable bonds is 6. The highest BCUT2D eigenvalue weighted by Crippen LogP contribution is 2.31. The second kappa shape index (κ2) is 7.49. The predicted octanol–water partition coefficient (Wildman–Crippen LogP) is 4.67. The first-order valence-corrected chi connectivity index (χ1v) is 10.2. The van der Waals surface area contributed by atoms with Gasteiger partial charge in [0.25, 0.3) is 10.0 Å². The molecule has 0 aromatic heterocycles. The molecule has 0 atom stereocenters. The highest BCUT2D eigenvalue weighted by Gasteiger charge is 2.19. The first-order valence-electron chi connectivity index (χ1n) is 7.76. The largest absolute Gasteiger partial charge is 0.303 e. The van der Waals surface area contributed by atoms with Gasteiger partial charge in [-0.25, -0.2) is 8.42 Å². The number of nitrogens with zero attached hydrogens (tertiary/aromatic N) is 1. The molecule has 26 heavy (non-hydrogen) atoms. The number of nitrogens with one attached hydrogen (secondary N) is 1. The van der Waals surface area contributed by atoms with E-state index in [4.69, 9.17) is 24.4 Å². The number of thiocarbonyl (C=S) groups is 2. The first-order chi connectivity index (χ1) is 12.5. The molecule has 1 N–H and O–H groups in total. The number of anilines is 2. The molecule has 0 aliphatic carbocycles. The second-order valence-corrected chi connectivity index (χ2v) is 7.79. The third kappa shape index (κ3) is 3.60. The number of hydrogen-bond donors (Lipinski definition) is 1. The highest BCUT2D eigenvalue weighted by atomic mass is 32.2. The van der Waals surface area contributed by atoms with Gasteiger partial charge in [0.2, 0.25) is 0 Å². The van der Waals surface area contributed by atoms with Gasteiger partial charge in [-0.3, -0.25) is 4.72 Å². The van der Waals surface area contributed by atoms with Gasteiger partial charge in [-0.1, -0.05) is 66.4 Å². The molecule has 0 amide bonds. The molecule has 7 heteroatoms.